The van der Waals surface area contributed by atoms with Crippen LogP contribution < -0.4 is 10.1 Å². The predicted octanol–water partition coefficient (Wildman–Crippen LogP) is 1.47. The molecule has 1 saturated carbocycles. The number of ether oxygens (including phenoxy) is 2. The Morgan fingerprint density at radius 2 is 1.97 bits per heavy atom. The van der Waals surface area contributed by atoms with E-state index in [1.54, 1.807) is 18.1 Å². The Morgan fingerprint density at radius 3 is 2.74 bits per heavy atom. The molecule has 3 heterocycles. The van der Waals surface area contributed by atoms with Gasteiger partial charge in [-0.05, 0) is 55.9 Å². The van der Waals surface area contributed by atoms with Crippen LogP contribution in [0.15, 0.2) is 18.2 Å². The Bertz CT molecular complexity index is 903. The number of likely N-dealkylation sites (tertiary alicyclic amines) is 1. The summed E-state index contributed by atoms with van der Waals surface area (Å²) in [6.07, 6.45) is 5.45. The molecular weight excluding hydrogens is 398 g/mol. The molecule has 0 radical (unpaired) electrons. The van der Waals surface area contributed by atoms with Gasteiger partial charge in [0.1, 0.15) is 17.9 Å². The van der Waals surface area contributed by atoms with E-state index >= 15 is 0 Å². The van der Waals surface area contributed by atoms with Crippen LogP contribution in [-0.2, 0) is 20.9 Å². The average molecular weight is 428 g/mol. The van der Waals surface area contributed by atoms with E-state index in [0.29, 0.717) is 30.7 Å². The summed E-state index contributed by atoms with van der Waals surface area (Å²) < 4.78 is 11.9. The Kier molecular flexibility index (Phi) is 5.44. The van der Waals surface area contributed by atoms with E-state index in [1.807, 2.05) is 12.1 Å². The summed E-state index contributed by atoms with van der Waals surface area (Å²) in [6.45, 7) is 2.37. The van der Waals surface area contributed by atoms with Crippen molar-refractivity contribution in [2.24, 2.45) is 0 Å². The van der Waals surface area contributed by atoms with Crippen LogP contribution in [0.25, 0.3) is 0 Å². The first-order chi connectivity index (χ1) is 15.0. The molecule has 31 heavy (non-hydrogen) atoms. The number of hydrogen-bond donors (Lipinski definition) is 1. The van der Waals surface area contributed by atoms with Crippen molar-refractivity contribution < 1.29 is 23.9 Å². The Morgan fingerprint density at radius 1 is 1.10 bits per heavy atom. The van der Waals surface area contributed by atoms with Crippen LogP contribution in [0, 0.1) is 0 Å². The van der Waals surface area contributed by atoms with E-state index in [-0.39, 0.29) is 30.2 Å². The highest BCUT2D eigenvalue weighted by atomic mass is 16.5. The van der Waals surface area contributed by atoms with Crippen molar-refractivity contribution in [3.8, 4) is 5.75 Å². The first kappa shape index (κ1) is 20.5. The maximum atomic E-state index is 12.9. The van der Waals surface area contributed by atoms with E-state index < -0.39 is 6.04 Å². The number of fused-ring (bicyclic) bond motifs is 1. The quantitative estimate of drug-likeness (QED) is 0.716. The molecule has 0 spiro atoms. The van der Waals surface area contributed by atoms with Gasteiger partial charge in [-0.3, -0.25) is 24.6 Å². The van der Waals surface area contributed by atoms with Gasteiger partial charge in [0.15, 0.2) is 0 Å². The number of carbonyl (C=O) groups is 3. The molecule has 3 fully saturated rings. The molecule has 3 amide bonds. The zero-order valence-corrected chi connectivity index (χ0v) is 17.8. The molecule has 0 aromatic heterocycles. The fourth-order valence-corrected chi connectivity index (χ4v) is 5.51. The maximum Gasteiger partial charge on any atom is 0.255 e. The van der Waals surface area contributed by atoms with Gasteiger partial charge in [-0.1, -0.05) is 0 Å². The number of imide groups is 1. The summed E-state index contributed by atoms with van der Waals surface area (Å²) in [6, 6.07) is 5.41. The van der Waals surface area contributed by atoms with Crippen LogP contribution >= 0.6 is 0 Å². The molecule has 4 aliphatic rings. The van der Waals surface area contributed by atoms with Crippen LogP contribution in [0.1, 0.15) is 54.4 Å². The zero-order chi connectivity index (χ0) is 21.5. The van der Waals surface area contributed by atoms with E-state index in [9.17, 15) is 14.4 Å². The molecule has 3 aliphatic heterocycles. The highest BCUT2D eigenvalue weighted by molar-refractivity contribution is 6.05. The number of piperidine rings is 1. The van der Waals surface area contributed by atoms with Crippen molar-refractivity contribution in [2.45, 2.75) is 69.4 Å². The largest absolute Gasteiger partial charge is 0.489 e. The monoisotopic (exact) mass is 427 g/mol. The molecule has 2 saturated heterocycles. The fourth-order valence-electron chi connectivity index (χ4n) is 5.51. The standard InChI is InChI=1S/C23H29N3O5/c1-30-16-9-10-25(13-16)18-3-2-4-20(18)31-15-5-6-17-14(11-15)12-26(23(17)29)19-7-8-21(27)24-22(19)28/h5-6,11,16,18-20H,2-4,7-10,12-13H2,1H3,(H,24,27,28)/t16-,18+,19?,20+/m0/s1. The van der Waals surface area contributed by atoms with Crippen molar-refractivity contribution in [1.29, 1.82) is 0 Å². The molecule has 1 unspecified atom stereocenters. The van der Waals surface area contributed by atoms with Crippen molar-refractivity contribution in [3.63, 3.8) is 0 Å². The minimum absolute atomic E-state index is 0.136. The number of amides is 3. The van der Waals surface area contributed by atoms with Crippen molar-refractivity contribution in [2.75, 3.05) is 20.2 Å². The van der Waals surface area contributed by atoms with Gasteiger partial charge in [0, 0.05) is 44.8 Å². The lowest BCUT2D eigenvalue weighted by molar-refractivity contribution is -0.136. The maximum absolute atomic E-state index is 12.9. The van der Waals surface area contributed by atoms with Crippen molar-refractivity contribution in [1.82, 2.24) is 15.1 Å². The summed E-state index contributed by atoms with van der Waals surface area (Å²) in [5.74, 6) is -0.0433. The minimum atomic E-state index is -0.593. The molecule has 0 bridgehead atoms. The number of nitrogens with one attached hydrogen (secondary N) is 1. The van der Waals surface area contributed by atoms with Crippen molar-refractivity contribution >= 4 is 17.7 Å². The number of benzene rings is 1. The van der Waals surface area contributed by atoms with E-state index in [4.69, 9.17) is 9.47 Å². The zero-order valence-electron chi connectivity index (χ0n) is 17.8. The minimum Gasteiger partial charge on any atom is -0.489 e. The van der Waals surface area contributed by atoms with Gasteiger partial charge in [-0.25, -0.2) is 0 Å². The number of nitrogens with zero attached hydrogens (tertiary/aromatic N) is 2. The third-order valence-corrected chi connectivity index (χ3v) is 7.18. The second-order valence-electron chi connectivity index (χ2n) is 9.01. The first-order valence-corrected chi connectivity index (χ1v) is 11.2. The van der Waals surface area contributed by atoms with E-state index in [2.05, 4.69) is 10.2 Å². The van der Waals surface area contributed by atoms with E-state index in [0.717, 1.165) is 50.1 Å². The third kappa shape index (κ3) is 3.83. The molecule has 8 heteroatoms. The van der Waals surface area contributed by atoms with Crippen molar-refractivity contribution in [3.05, 3.63) is 29.3 Å². The number of rotatable bonds is 5. The predicted molar refractivity (Wildman–Crippen MR) is 112 cm³/mol. The molecule has 1 aromatic rings. The average Bonchev–Trinajstić information content (AvgIpc) is 3.47. The SMILES string of the molecule is CO[C@H]1CCN([C@@H]2CCC[C@H]2Oc2ccc3c(c2)CN(C2CCC(=O)NC2=O)C3=O)C1. The van der Waals surface area contributed by atoms with Crippen LogP contribution in [0.5, 0.6) is 5.75 Å². The van der Waals surface area contributed by atoms with Crippen LogP contribution in [0.2, 0.25) is 0 Å². The third-order valence-electron chi connectivity index (χ3n) is 7.18. The topological polar surface area (TPSA) is 88.2 Å². The molecule has 166 valence electrons. The van der Waals surface area contributed by atoms with Gasteiger partial charge >= 0.3 is 0 Å². The lowest BCUT2D eigenvalue weighted by Crippen LogP contribution is -2.52. The fraction of sp³-hybridized carbons (Fsp3) is 0.609. The number of hydrogen-bond acceptors (Lipinski definition) is 6. The van der Waals surface area contributed by atoms with Gasteiger partial charge in [-0.2, -0.15) is 0 Å². The molecule has 4 atom stereocenters. The molecule has 1 aliphatic carbocycles. The summed E-state index contributed by atoms with van der Waals surface area (Å²) in [4.78, 5) is 40.6. The Hall–Kier alpha value is -2.45. The molecule has 5 rings (SSSR count). The summed E-state index contributed by atoms with van der Waals surface area (Å²) in [5, 5.41) is 2.34. The molecule has 1 aromatic carbocycles. The molecule has 8 nitrogen and oxygen atoms in total. The second-order valence-corrected chi connectivity index (χ2v) is 9.01. The van der Waals surface area contributed by atoms with E-state index in [1.165, 1.54) is 0 Å². The van der Waals surface area contributed by atoms with Crippen LogP contribution in [0.4, 0.5) is 0 Å². The van der Waals surface area contributed by atoms with Gasteiger partial charge in [0.2, 0.25) is 11.8 Å². The lowest BCUT2D eigenvalue weighted by Gasteiger charge is -2.30. The Labute approximate surface area is 181 Å². The first-order valence-electron chi connectivity index (χ1n) is 11.2. The number of methoxy groups -OCH3 is 1. The number of carbonyl (C=O) groups excluding carboxylic acids is 3. The summed E-state index contributed by atoms with van der Waals surface area (Å²) >= 11 is 0. The smallest absolute Gasteiger partial charge is 0.255 e. The molecular formula is C23H29N3O5. The Balaban J connectivity index is 1.27. The normalized spacial score (nSPS) is 31.3. The highest BCUT2D eigenvalue weighted by Crippen LogP contribution is 2.34. The highest BCUT2D eigenvalue weighted by Gasteiger charge is 2.40. The van der Waals surface area contributed by atoms with Crippen LogP contribution in [0.3, 0.4) is 0 Å². The van der Waals surface area contributed by atoms with Gasteiger partial charge < -0.3 is 14.4 Å². The van der Waals surface area contributed by atoms with Gasteiger partial charge in [-0.15, -0.1) is 0 Å². The van der Waals surface area contributed by atoms with Gasteiger partial charge in [0.05, 0.1) is 6.10 Å². The second kappa shape index (κ2) is 8.24. The summed E-state index contributed by atoms with van der Waals surface area (Å²) in [5.41, 5.74) is 1.49. The van der Waals surface area contributed by atoms with Crippen LogP contribution in [-0.4, -0.2) is 72.0 Å². The summed E-state index contributed by atoms with van der Waals surface area (Å²) in [7, 11) is 1.78. The lowest BCUT2D eigenvalue weighted by atomic mass is 10.0. The van der Waals surface area contributed by atoms with Gasteiger partial charge in [0.25, 0.3) is 5.91 Å². The molecule has 1 N–H and O–H groups in total.